The lowest BCUT2D eigenvalue weighted by atomic mass is 9.82. The van der Waals surface area contributed by atoms with E-state index in [1.807, 2.05) is 0 Å². The van der Waals surface area contributed by atoms with Crippen LogP contribution in [0.3, 0.4) is 0 Å². The molecule has 0 atom stereocenters. The molecule has 0 aromatic carbocycles. The maximum absolute atomic E-state index is 1.56. The van der Waals surface area contributed by atoms with E-state index >= 15 is 0 Å². The molecule has 0 unspecified atom stereocenters. The molecule has 2 saturated carbocycles. The summed E-state index contributed by atoms with van der Waals surface area (Å²) in [6.07, 6.45) is 7.78. The van der Waals surface area contributed by atoms with E-state index in [0.29, 0.717) is 0 Å². The van der Waals surface area contributed by atoms with Gasteiger partial charge in [0.1, 0.15) is 0 Å². The second-order valence-corrected chi connectivity index (χ2v) is 2.85. The van der Waals surface area contributed by atoms with Crippen LogP contribution in [0.15, 0.2) is 0 Å². The molecule has 0 amide bonds. The molecule has 2 fully saturated rings. The molecule has 0 nitrogen and oxygen atoms in total. The van der Waals surface area contributed by atoms with Crippen molar-refractivity contribution in [3.05, 3.63) is 0 Å². The van der Waals surface area contributed by atoms with Crippen molar-refractivity contribution in [3.8, 4) is 0 Å². The minimum Gasteiger partial charge on any atom is -0.0522 e. The van der Waals surface area contributed by atoms with Crippen LogP contribution in [-0.4, -0.2) is 0 Å². The van der Waals surface area contributed by atoms with Crippen molar-refractivity contribution in [2.45, 2.75) is 32.1 Å². The minimum absolute atomic E-state index is 0.972. The summed E-state index contributed by atoms with van der Waals surface area (Å²) in [6.45, 7) is 0. The molecule has 0 aliphatic heterocycles. The Balaban J connectivity index is 2.09. The molecule has 0 radical (unpaired) electrons. The molecule has 2 aliphatic rings. The van der Waals surface area contributed by atoms with E-state index < -0.39 is 0 Å². The first kappa shape index (κ1) is 3.06. The zero-order valence-electron chi connectivity index (χ0n) is 4.04. The van der Waals surface area contributed by atoms with Gasteiger partial charge in [0.15, 0.2) is 0 Å². The van der Waals surface area contributed by atoms with Gasteiger partial charge >= 0.3 is 0 Å². The number of rotatable bonds is 0. The van der Waals surface area contributed by atoms with Crippen molar-refractivity contribution in [1.82, 2.24) is 0 Å². The van der Waals surface area contributed by atoms with Crippen molar-refractivity contribution < 1.29 is 0 Å². The fourth-order valence-electron chi connectivity index (χ4n) is 1.35. The van der Waals surface area contributed by atoms with Gasteiger partial charge in [-0.05, 0) is 31.1 Å². The van der Waals surface area contributed by atoms with Crippen LogP contribution in [0, 0.1) is 5.41 Å². The van der Waals surface area contributed by atoms with Crippen LogP contribution in [0.4, 0.5) is 0 Å². The Morgan fingerprint density at radius 3 is 1.50 bits per heavy atom. The van der Waals surface area contributed by atoms with Crippen LogP contribution in [0.2, 0.25) is 0 Å². The number of hydrogen-bond acceptors (Lipinski definition) is 0. The fourth-order valence-corrected chi connectivity index (χ4v) is 1.35. The molecule has 0 heteroatoms. The molecule has 0 aromatic heterocycles. The third-order valence-electron chi connectivity index (χ3n) is 2.37. The molecular weight excluding hydrogens is 72.1 g/mol. The van der Waals surface area contributed by atoms with Gasteiger partial charge in [0.2, 0.25) is 0 Å². The lowest BCUT2D eigenvalue weighted by Gasteiger charge is -2.23. The maximum Gasteiger partial charge on any atom is -0.0297 e. The van der Waals surface area contributed by atoms with Crippen LogP contribution >= 0.6 is 0 Å². The topological polar surface area (TPSA) is 0 Å². The third kappa shape index (κ3) is 0.213. The van der Waals surface area contributed by atoms with Gasteiger partial charge < -0.3 is 0 Å². The van der Waals surface area contributed by atoms with E-state index in [1.54, 1.807) is 25.7 Å². The highest BCUT2D eigenvalue weighted by Gasteiger charge is 2.46. The Labute approximate surface area is 38.6 Å². The normalized spacial score (nSPS) is 36.0. The molecule has 34 valence electrons. The van der Waals surface area contributed by atoms with Gasteiger partial charge in [0.05, 0.1) is 0 Å². The van der Waals surface area contributed by atoms with Crippen LogP contribution in [-0.2, 0) is 0 Å². The summed E-state index contributed by atoms with van der Waals surface area (Å²) < 4.78 is 0. The van der Waals surface area contributed by atoms with Gasteiger partial charge in [-0.15, -0.1) is 0 Å². The molecule has 0 bridgehead atoms. The average molecular weight is 82.1 g/mol. The van der Waals surface area contributed by atoms with Crippen molar-refractivity contribution >= 4 is 0 Å². The van der Waals surface area contributed by atoms with E-state index in [9.17, 15) is 0 Å². The zero-order valence-corrected chi connectivity index (χ0v) is 4.04. The maximum atomic E-state index is 1.56. The summed E-state index contributed by atoms with van der Waals surface area (Å²) >= 11 is 0. The van der Waals surface area contributed by atoms with Gasteiger partial charge in [-0.1, -0.05) is 6.42 Å². The summed E-state index contributed by atoms with van der Waals surface area (Å²) in [7, 11) is 0. The molecular formula is C6H10. The van der Waals surface area contributed by atoms with E-state index in [1.165, 1.54) is 6.42 Å². The smallest absolute Gasteiger partial charge is 0.0297 e. The first-order valence-corrected chi connectivity index (χ1v) is 2.91. The quantitative estimate of drug-likeness (QED) is 0.419. The molecule has 0 saturated heterocycles. The predicted octanol–water partition coefficient (Wildman–Crippen LogP) is 1.95. The highest BCUT2D eigenvalue weighted by Crippen LogP contribution is 2.60. The van der Waals surface area contributed by atoms with Crippen molar-refractivity contribution in [3.63, 3.8) is 0 Å². The highest BCUT2D eigenvalue weighted by molar-refractivity contribution is 4.98. The Morgan fingerprint density at radius 1 is 0.833 bits per heavy atom. The molecule has 0 aromatic rings. The van der Waals surface area contributed by atoms with Gasteiger partial charge in [0.25, 0.3) is 0 Å². The van der Waals surface area contributed by atoms with Crippen LogP contribution in [0.25, 0.3) is 0 Å². The van der Waals surface area contributed by atoms with Crippen molar-refractivity contribution in [2.24, 2.45) is 5.41 Å². The van der Waals surface area contributed by atoms with Crippen LogP contribution in [0.5, 0.6) is 0 Å². The van der Waals surface area contributed by atoms with Gasteiger partial charge in [-0.3, -0.25) is 0 Å². The van der Waals surface area contributed by atoms with Gasteiger partial charge in [-0.2, -0.15) is 0 Å². The molecule has 1 spiro atoms. The minimum atomic E-state index is 0.972. The molecule has 2 aliphatic carbocycles. The highest BCUT2D eigenvalue weighted by atomic mass is 14.5. The monoisotopic (exact) mass is 82.1 g/mol. The second kappa shape index (κ2) is 0.661. The summed E-state index contributed by atoms with van der Waals surface area (Å²) in [5.41, 5.74) is 0.972. The van der Waals surface area contributed by atoms with Gasteiger partial charge in [0, 0.05) is 0 Å². The van der Waals surface area contributed by atoms with Gasteiger partial charge in [-0.25, -0.2) is 0 Å². The average Bonchev–Trinajstić information content (AvgIpc) is 2.02. The SMILES string of the molecule is C1CC2(C1)CC2. The van der Waals surface area contributed by atoms with Crippen molar-refractivity contribution in [1.29, 1.82) is 0 Å². The molecule has 0 heterocycles. The molecule has 6 heavy (non-hydrogen) atoms. The standard InChI is InChI=1S/C6H10/c1-2-6(3-1)4-5-6/h1-5H2. The van der Waals surface area contributed by atoms with Crippen LogP contribution in [0.1, 0.15) is 32.1 Å². The molecule has 2 rings (SSSR count). The summed E-state index contributed by atoms with van der Waals surface area (Å²) in [5.74, 6) is 0. The summed E-state index contributed by atoms with van der Waals surface area (Å²) in [6, 6.07) is 0. The first-order valence-electron chi connectivity index (χ1n) is 2.91. The van der Waals surface area contributed by atoms with E-state index in [4.69, 9.17) is 0 Å². The Morgan fingerprint density at radius 2 is 1.50 bits per heavy atom. The largest absolute Gasteiger partial charge is 0.0522 e. The Bertz CT molecular complexity index is 64.1. The fraction of sp³-hybridized carbons (Fsp3) is 1.00. The van der Waals surface area contributed by atoms with E-state index in [-0.39, 0.29) is 0 Å². The van der Waals surface area contributed by atoms with Crippen LogP contribution < -0.4 is 0 Å². The third-order valence-corrected chi connectivity index (χ3v) is 2.37. The summed E-state index contributed by atoms with van der Waals surface area (Å²) in [4.78, 5) is 0. The summed E-state index contributed by atoms with van der Waals surface area (Å²) in [5, 5.41) is 0. The Kier molecular flexibility index (Phi) is 0.337. The lowest BCUT2D eigenvalue weighted by molar-refractivity contribution is 0.289. The molecule has 0 N–H and O–H groups in total. The Hall–Kier alpha value is 0. The lowest BCUT2D eigenvalue weighted by Crippen LogP contribution is -2.10. The second-order valence-electron chi connectivity index (χ2n) is 2.85. The van der Waals surface area contributed by atoms with E-state index in [2.05, 4.69) is 0 Å². The van der Waals surface area contributed by atoms with Crippen molar-refractivity contribution in [2.75, 3.05) is 0 Å². The van der Waals surface area contributed by atoms with E-state index in [0.717, 1.165) is 5.41 Å². The zero-order chi connectivity index (χ0) is 4.04. The first-order chi connectivity index (χ1) is 2.91. The predicted molar refractivity (Wildman–Crippen MR) is 25.5 cm³/mol. The number of hydrogen-bond donors (Lipinski definition) is 0.